The van der Waals surface area contributed by atoms with Gasteiger partial charge in [0.15, 0.2) is 0 Å². The van der Waals surface area contributed by atoms with Gasteiger partial charge in [0, 0.05) is 103 Å². The first kappa shape index (κ1) is 82.6. The Kier molecular flexibility index (Phi) is 28.1. The fourth-order valence-electron chi connectivity index (χ4n) is 13.4. The molecule has 8 aromatic rings. The molecule has 0 spiro atoms. The maximum atomic E-state index is 13.9. The van der Waals surface area contributed by atoms with Crippen molar-refractivity contribution in [2.75, 3.05) is 67.5 Å². The largest absolute Gasteiger partial charge is 0.384 e. The van der Waals surface area contributed by atoms with Crippen LogP contribution in [0.2, 0.25) is 0 Å². The molecule has 1 aliphatic carbocycles. The number of ether oxygens (including phenoxy) is 3. The van der Waals surface area contributed by atoms with Crippen LogP contribution in [0.1, 0.15) is 143 Å². The number of hydrogen-bond donors (Lipinski definition) is 3. The average molecular weight is 1620 g/mol. The van der Waals surface area contributed by atoms with E-state index in [0.717, 1.165) is 50.7 Å². The van der Waals surface area contributed by atoms with Gasteiger partial charge in [-0.05, 0) is 192 Å². The normalized spacial score (nSPS) is 19.3. The molecule has 0 radical (unpaired) electrons. The van der Waals surface area contributed by atoms with E-state index in [2.05, 4.69) is 105 Å². The van der Waals surface area contributed by atoms with Crippen LogP contribution >= 0.6 is 47.8 Å². The molecule has 4 amide bonds. The summed E-state index contributed by atoms with van der Waals surface area (Å²) in [7, 11) is 5.10. The van der Waals surface area contributed by atoms with Crippen molar-refractivity contribution in [3.05, 3.63) is 194 Å². The van der Waals surface area contributed by atoms with Gasteiger partial charge in [-0.1, -0.05) is 43.1 Å². The molecule has 0 aromatic carbocycles. The van der Waals surface area contributed by atoms with Crippen molar-refractivity contribution in [2.24, 2.45) is 26.6 Å². The van der Waals surface area contributed by atoms with Gasteiger partial charge in [-0.2, -0.15) is 0 Å². The molecule has 8 aromatic heterocycles. The van der Waals surface area contributed by atoms with Gasteiger partial charge >= 0.3 is 0 Å². The van der Waals surface area contributed by atoms with Crippen LogP contribution in [0, 0.1) is 5.41 Å². The maximum Gasteiger partial charge on any atom is 0.276 e. The Morgan fingerprint density at radius 2 is 1.00 bits per heavy atom. The van der Waals surface area contributed by atoms with Crippen molar-refractivity contribution in [1.29, 1.82) is 0 Å². The molecule has 12 heterocycles. The number of nitrogens with zero attached hydrogens (tertiary/aromatic N) is 12. The second-order valence-corrected chi connectivity index (χ2v) is 29.7. The molecule has 558 valence electrons. The van der Waals surface area contributed by atoms with Crippen LogP contribution in [0.4, 0.5) is 34.6 Å². The second kappa shape index (κ2) is 35.4. The molecule has 4 aliphatic heterocycles. The predicted molar refractivity (Wildman–Crippen MR) is 420 cm³/mol. The van der Waals surface area contributed by atoms with Crippen LogP contribution in [0.3, 0.4) is 0 Å². The lowest BCUT2D eigenvalue weighted by Gasteiger charge is -2.38. The van der Waals surface area contributed by atoms with Crippen molar-refractivity contribution >= 4 is 106 Å². The van der Waals surface area contributed by atoms with Crippen LogP contribution < -0.4 is 37.9 Å². The minimum absolute atomic E-state index is 0. The highest BCUT2D eigenvalue weighted by Gasteiger charge is 2.39. The van der Waals surface area contributed by atoms with Crippen LogP contribution in [0.15, 0.2) is 138 Å². The number of carbonyl (C=O) groups excluding carboxylic acids is 4. The lowest BCUT2D eigenvalue weighted by atomic mass is 9.90. The Balaban J connectivity index is 0.000000225. The number of rotatable bonds is 10. The second-order valence-electron chi connectivity index (χ2n) is 27.0. The third kappa shape index (κ3) is 18.7. The van der Waals surface area contributed by atoms with Crippen molar-refractivity contribution in [3.63, 3.8) is 0 Å². The summed E-state index contributed by atoms with van der Waals surface area (Å²) in [6.07, 6.45) is 14.2. The Hall–Kier alpha value is -8.67. The summed E-state index contributed by atoms with van der Waals surface area (Å²) in [4.78, 5) is 113. The Labute approximate surface area is 633 Å². The molecule has 25 nitrogen and oxygen atoms in total. The highest BCUT2D eigenvalue weighted by atomic mass is 79.9. The first-order valence-corrected chi connectivity index (χ1v) is 35.9. The van der Waals surface area contributed by atoms with E-state index in [4.69, 9.17) is 24.9 Å². The van der Waals surface area contributed by atoms with E-state index in [9.17, 15) is 33.6 Å². The standard InChI is InChI=1S/C37H43N7O4.C18H21BrN4O3.C12H17N3O2.C6H5Br2NO.3CH4/c1-7-27-28(10-11-38-33(27)43-13-12-42-30(36(43)47)15-25-16-37(4,5)17-31(25)42)26-14-29(35(46)41(6)19-26)40-32-9-8-24(18-39-32)34(45)44-22(2)20-48-21-23(44)3;1-11-9-26-10-12(2)23(11)17(24)13-4-5-16(20-7-13)21-15-6-14(19)8-22(3)18(15)25;1-8-6-17-7-9(2)15(8)12(16)10-3-4-11(13)14-5-10;1-9-3-4(7)2-5(8)6(9)10;;;/h8-11,14-15,18-19,22-23H,7,12-13,16-17,20-21H2,1-6H3,(H,39,40);4-8,11-12H,9-10H2,1-3H3,(H,20,21);3-5,8-9H,6-7H2,1-2H3,(H2,13,14);2-3H,1H3;3*1H4/t22-,23+;11-,12+;8-,9+;;;;. The van der Waals surface area contributed by atoms with Crippen molar-refractivity contribution in [1.82, 2.24) is 52.9 Å². The number of aryl methyl sites for hydroxylation is 3. The van der Waals surface area contributed by atoms with E-state index in [0.29, 0.717) is 108 Å². The molecule has 4 N–H and O–H groups in total. The Bertz CT molecular complexity index is 4510. The summed E-state index contributed by atoms with van der Waals surface area (Å²) in [5.41, 5.74) is 13.6. The van der Waals surface area contributed by atoms with E-state index in [1.807, 2.05) is 73.3 Å². The predicted octanol–water partition coefficient (Wildman–Crippen LogP) is 12.3. The van der Waals surface area contributed by atoms with Gasteiger partial charge in [0.1, 0.15) is 40.3 Å². The molecule has 0 unspecified atom stereocenters. The monoisotopic (exact) mass is 1620 g/mol. The van der Waals surface area contributed by atoms with E-state index in [1.165, 1.54) is 37.4 Å². The number of morpholine rings is 3. The molecule has 0 bridgehead atoms. The van der Waals surface area contributed by atoms with Gasteiger partial charge in [-0.25, -0.2) is 19.9 Å². The highest BCUT2D eigenvalue weighted by Crippen LogP contribution is 2.41. The lowest BCUT2D eigenvalue weighted by Crippen LogP contribution is -2.52. The summed E-state index contributed by atoms with van der Waals surface area (Å²) >= 11 is 9.76. The topological polar surface area (TPSA) is 282 Å². The summed E-state index contributed by atoms with van der Waals surface area (Å²) in [5.74, 6) is 1.83. The number of pyridine rings is 7. The number of carbonyl (C=O) groups is 4. The Morgan fingerprint density at radius 3 is 1.44 bits per heavy atom. The molecule has 3 saturated heterocycles. The van der Waals surface area contributed by atoms with E-state index in [-0.39, 0.29) is 104 Å². The summed E-state index contributed by atoms with van der Waals surface area (Å²) < 4.78 is 25.4. The average Bonchev–Trinajstić information content (AvgIpc) is 1.53. The molecule has 6 atom stereocenters. The van der Waals surface area contributed by atoms with Gasteiger partial charge in [-0.15, -0.1) is 0 Å². The van der Waals surface area contributed by atoms with Gasteiger partial charge < -0.3 is 63.5 Å². The first-order valence-electron chi connectivity index (χ1n) is 33.5. The Morgan fingerprint density at radius 1 is 0.558 bits per heavy atom. The minimum atomic E-state index is -0.216. The van der Waals surface area contributed by atoms with Crippen LogP contribution in [0.25, 0.3) is 11.1 Å². The quantitative estimate of drug-likeness (QED) is 0.115. The first-order chi connectivity index (χ1) is 48.0. The molecular weight excluding hydrogens is 1520 g/mol. The lowest BCUT2D eigenvalue weighted by molar-refractivity contribution is -0.0251. The zero-order valence-corrected chi connectivity index (χ0v) is 63.6. The maximum absolute atomic E-state index is 13.9. The SMILES string of the molecule is C.C.C.CCc1c(-c2cc(Nc3ccc(C(=O)N4[C@H](C)COC[C@@H]4C)cn3)c(=O)n(C)c2)ccnc1N1CCn2c(cc3c2CC(C)(C)C3)C1=O.C[C@@H]1COC[C@H](C)N1C(=O)c1ccc(N)nc1.C[C@@H]1COC[C@H](C)N1C(=O)c1ccc(Nc2cc(Br)cn(C)c2=O)nc1.Cn1cc(Br)cc(Br)c1=O. The molecule has 0 saturated carbocycles. The molecule has 13 rings (SSSR count). The highest BCUT2D eigenvalue weighted by molar-refractivity contribution is 9.11. The van der Waals surface area contributed by atoms with Crippen molar-refractivity contribution in [3.8, 4) is 11.1 Å². The number of aromatic nitrogens is 8. The van der Waals surface area contributed by atoms with Crippen molar-refractivity contribution in [2.45, 2.75) is 147 Å². The number of hydrogen-bond acceptors (Lipinski definition) is 17. The van der Waals surface area contributed by atoms with Gasteiger partial charge in [0.2, 0.25) is 0 Å². The fraction of sp³-hybridized carbons (Fsp3) is 0.434. The molecule has 104 heavy (non-hydrogen) atoms. The summed E-state index contributed by atoms with van der Waals surface area (Å²) in [6.45, 7) is 23.0. The number of nitrogens with one attached hydrogen (secondary N) is 2. The summed E-state index contributed by atoms with van der Waals surface area (Å²) in [6, 6.07) is 19.6. The third-order valence-electron chi connectivity index (χ3n) is 18.3. The smallest absolute Gasteiger partial charge is 0.276 e. The van der Waals surface area contributed by atoms with Gasteiger partial charge in [0.25, 0.3) is 40.3 Å². The van der Waals surface area contributed by atoms with E-state index in [1.54, 1.807) is 101 Å². The fourth-order valence-corrected chi connectivity index (χ4v) is 15.3. The number of anilines is 6. The van der Waals surface area contributed by atoms with E-state index < -0.39 is 0 Å². The third-order valence-corrected chi connectivity index (χ3v) is 19.7. The molecule has 5 aliphatic rings. The number of amides is 4. The van der Waals surface area contributed by atoms with Crippen LogP contribution in [0.5, 0.6) is 0 Å². The van der Waals surface area contributed by atoms with Crippen LogP contribution in [-0.2, 0) is 61.2 Å². The number of fused-ring (bicyclic) bond motifs is 3. The minimum Gasteiger partial charge on any atom is -0.384 e. The molecule has 28 heteroatoms. The van der Waals surface area contributed by atoms with E-state index >= 15 is 0 Å². The van der Waals surface area contributed by atoms with Crippen molar-refractivity contribution < 1.29 is 33.4 Å². The number of nitrogens with two attached hydrogens (primary N) is 1. The molecular formula is C76H98Br3N15O10. The number of halogens is 3. The van der Waals surface area contributed by atoms with Crippen LogP contribution in [-0.4, -0.2) is 159 Å². The zero-order chi connectivity index (χ0) is 72.9. The zero-order valence-electron chi connectivity index (χ0n) is 58.8. The molecule has 3 fully saturated rings. The number of nitrogen functional groups attached to an aromatic ring is 1. The summed E-state index contributed by atoms with van der Waals surface area (Å²) in [5, 5.41) is 6.17. The van der Waals surface area contributed by atoms with Gasteiger partial charge in [0.05, 0.1) is 97.1 Å². The van der Waals surface area contributed by atoms with Gasteiger partial charge in [-0.3, -0.25) is 38.5 Å².